The fourth-order valence-electron chi connectivity index (χ4n) is 5.27. The molecule has 11 heteroatoms. The Labute approximate surface area is 279 Å². The lowest BCUT2D eigenvalue weighted by atomic mass is 9.95. The number of unbranched alkanes of at least 4 members (excludes halogenated alkanes) is 1. The fraction of sp³-hybridized carbons (Fsp3) is 0.657. The number of thiazole rings is 1. The fourth-order valence-corrected chi connectivity index (χ4v) is 6.13. The van der Waals surface area contributed by atoms with Crippen LogP contribution in [0.15, 0.2) is 29.6 Å². The van der Waals surface area contributed by atoms with Crippen LogP contribution in [0, 0.1) is 5.92 Å². The molecular weight excluding hydrogens is 604 g/mol. The van der Waals surface area contributed by atoms with Gasteiger partial charge in [0, 0.05) is 56.4 Å². The van der Waals surface area contributed by atoms with Crippen LogP contribution in [0.4, 0.5) is 0 Å². The van der Waals surface area contributed by atoms with Gasteiger partial charge in [-0.15, -0.1) is 11.3 Å². The molecule has 1 aromatic heterocycles. The topological polar surface area (TPSA) is 130 Å². The van der Waals surface area contributed by atoms with Crippen LogP contribution in [0.1, 0.15) is 113 Å². The van der Waals surface area contributed by atoms with Crippen molar-refractivity contribution in [1.82, 2.24) is 20.5 Å². The van der Waals surface area contributed by atoms with Gasteiger partial charge in [0.1, 0.15) is 29.2 Å². The molecule has 2 rings (SSSR count). The number of aliphatic carboxylic acids is 1. The summed E-state index contributed by atoms with van der Waals surface area (Å²) in [5.74, 6) is -0.107. The number of carboxylic acid groups (broad SMARTS) is 1. The molecule has 0 radical (unpaired) electrons. The lowest BCUT2D eigenvalue weighted by Crippen LogP contribution is -2.44. The van der Waals surface area contributed by atoms with Crippen molar-refractivity contribution in [3.63, 3.8) is 0 Å². The summed E-state index contributed by atoms with van der Waals surface area (Å²) >= 11 is 1.38. The minimum absolute atomic E-state index is 0.0205. The number of likely N-dealkylation sites (N-methyl/N-ethyl adjacent to an activating group) is 1. The van der Waals surface area contributed by atoms with E-state index in [-0.39, 0.29) is 54.5 Å². The highest BCUT2D eigenvalue weighted by Crippen LogP contribution is 2.31. The molecule has 0 spiro atoms. The van der Waals surface area contributed by atoms with Crippen molar-refractivity contribution in [3.8, 4) is 5.75 Å². The number of nitrogens with one attached hydrogen (secondary N) is 2. The summed E-state index contributed by atoms with van der Waals surface area (Å²) in [6, 6.07) is 7.23. The van der Waals surface area contributed by atoms with Crippen LogP contribution in [-0.4, -0.2) is 78.2 Å². The zero-order valence-electron chi connectivity index (χ0n) is 28.7. The Balaban J connectivity index is 2.21. The van der Waals surface area contributed by atoms with Crippen molar-refractivity contribution >= 4 is 29.1 Å². The van der Waals surface area contributed by atoms with Gasteiger partial charge < -0.3 is 30.1 Å². The van der Waals surface area contributed by atoms with Crippen LogP contribution in [0.5, 0.6) is 5.75 Å². The van der Waals surface area contributed by atoms with E-state index < -0.39 is 5.97 Å². The molecule has 3 atom stereocenters. The molecule has 2 aromatic rings. The van der Waals surface area contributed by atoms with Crippen LogP contribution in [0.25, 0.3) is 0 Å². The van der Waals surface area contributed by atoms with Crippen molar-refractivity contribution < 1.29 is 29.0 Å². The monoisotopic (exact) mass is 660 g/mol. The average Bonchev–Trinajstić information content (AvgIpc) is 3.53. The van der Waals surface area contributed by atoms with E-state index in [2.05, 4.69) is 45.3 Å². The molecule has 0 saturated heterocycles. The summed E-state index contributed by atoms with van der Waals surface area (Å²) in [5.41, 5.74) is 1.25. The number of benzene rings is 1. The predicted octanol–water partition coefficient (Wildman–Crippen LogP) is 6.26. The maximum Gasteiger partial charge on any atom is 0.303 e. The third-order valence-electron chi connectivity index (χ3n) is 7.78. The first-order chi connectivity index (χ1) is 22.1. The Hall–Kier alpha value is -3.02. The molecule has 1 aromatic carbocycles. The molecule has 0 aliphatic rings. The number of ether oxygens (including phenoxy) is 2. The van der Waals surface area contributed by atoms with E-state index in [1.807, 2.05) is 36.2 Å². The van der Waals surface area contributed by atoms with E-state index in [1.165, 1.54) is 11.3 Å². The summed E-state index contributed by atoms with van der Waals surface area (Å²) in [6.45, 7) is 13.1. The highest BCUT2D eigenvalue weighted by Gasteiger charge is 2.31. The minimum atomic E-state index is -0.913. The number of amides is 2. The van der Waals surface area contributed by atoms with Crippen LogP contribution in [0.3, 0.4) is 0 Å². The number of carbonyl (C=O) groups is 3. The van der Waals surface area contributed by atoms with Crippen molar-refractivity contribution in [1.29, 1.82) is 0 Å². The smallest absolute Gasteiger partial charge is 0.303 e. The van der Waals surface area contributed by atoms with Crippen LogP contribution in [-0.2, 0) is 20.7 Å². The Morgan fingerprint density at radius 1 is 1.02 bits per heavy atom. The van der Waals surface area contributed by atoms with Crippen LogP contribution < -0.4 is 15.4 Å². The molecule has 0 aliphatic carbocycles. The predicted molar refractivity (Wildman–Crippen MR) is 184 cm³/mol. The first-order valence-corrected chi connectivity index (χ1v) is 17.8. The van der Waals surface area contributed by atoms with Gasteiger partial charge >= 0.3 is 5.97 Å². The summed E-state index contributed by atoms with van der Waals surface area (Å²) in [4.78, 5) is 44.8. The SMILES string of the molecule is CCCCC(=O)N(CCC)C(CC(OCCC)c1nc(C(=O)NC(CCC(=O)O)Cc2ccc(OCCNC)cc2)cs1)C(C)C. The highest BCUT2D eigenvalue weighted by atomic mass is 32.1. The molecule has 3 unspecified atom stereocenters. The Bertz CT molecular complexity index is 1170. The molecule has 0 bridgehead atoms. The van der Waals surface area contributed by atoms with Gasteiger partial charge in [0.25, 0.3) is 5.91 Å². The number of hydrogen-bond acceptors (Lipinski definition) is 8. The summed E-state index contributed by atoms with van der Waals surface area (Å²) in [7, 11) is 1.87. The van der Waals surface area contributed by atoms with E-state index in [0.717, 1.165) is 43.5 Å². The first kappa shape index (κ1) is 39.2. The summed E-state index contributed by atoms with van der Waals surface area (Å²) in [5, 5.41) is 17.8. The number of aromatic nitrogens is 1. The highest BCUT2D eigenvalue weighted by molar-refractivity contribution is 7.09. The van der Waals surface area contributed by atoms with Gasteiger partial charge in [-0.25, -0.2) is 4.98 Å². The third-order valence-corrected chi connectivity index (χ3v) is 8.71. The van der Waals surface area contributed by atoms with Gasteiger partial charge in [-0.1, -0.05) is 53.2 Å². The number of hydrogen-bond donors (Lipinski definition) is 3. The quantitative estimate of drug-likeness (QED) is 0.113. The molecule has 0 saturated carbocycles. The first-order valence-electron chi connectivity index (χ1n) is 16.9. The average molecular weight is 661 g/mol. The lowest BCUT2D eigenvalue weighted by molar-refractivity contribution is -0.137. The summed E-state index contributed by atoms with van der Waals surface area (Å²) < 4.78 is 12.0. The van der Waals surface area contributed by atoms with Gasteiger partial charge in [-0.05, 0) is 62.8 Å². The van der Waals surface area contributed by atoms with Crippen LogP contribution in [0.2, 0.25) is 0 Å². The van der Waals surface area contributed by atoms with Crippen molar-refractivity contribution in [2.24, 2.45) is 5.92 Å². The second-order valence-corrected chi connectivity index (χ2v) is 13.0. The Morgan fingerprint density at radius 3 is 2.37 bits per heavy atom. The number of carboxylic acids is 1. The Kier molecular flexibility index (Phi) is 18.5. The second kappa shape index (κ2) is 21.7. The molecule has 0 aliphatic heterocycles. The molecule has 1 heterocycles. The van der Waals surface area contributed by atoms with Gasteiger partial charge in [-0.3, -0.25) is 14.4 Å². The normalized spacial score (nSPS) is 13.3. The zero-order valence-corrected chi connectivity index (χ0v) is 29.5. The van der Waals surface area contributed by atoms with E-state index in [0.29, 0.717) is 44.0 Å². The van der Waals surface area contributed by atoms with Gasteiger partial charge in [-0.2, -0.15) is 0 Å². The zero-order chi connectivity index (χ0) is 33.9. The lowest BCUT2D eigenvalue weighted by Gasteiger charge is -2.36. The Morgan fingerprint density at radius 2 is 1.76 bits per heavy atom. The van der Waals surface area contributed by atoms with Crippen molar-refractivity contribution in [2.45, 2.75) is 111 Å². The summed E-state index contributed by atoms with van der Waals surface area (Å²) in [6.07, 6.45) is 5.04. The standard InChI is InChI=1S/C35H56N4O6S/c1-7-10-11-32(40)39(19-8-2)30(25(4)5)23-31(45-20-9-3)35-38-29(24-46-35)34(43)37-27(14-17-33(41)42)22-26-12-15-28(16-13-26)44-21-18-36-6/h12-13,15-16,24-25,27,30-31,36H,7-11,14,17-23H2,1-6H3,(H,37,43)(H,41,42). The largest absolute Gasteiger partial charge is 0.492 e. The molecule has 2 amide bonds. The molecule has 0 fully saturated rings. The maximum atomic E-state index is 13.4. The molecule has 258 valence electrons. The van der Waals surface area contributed by atoms with Crippen LogP contribution >= 0.6 is 11.3 Å². The number of nitrogens with zero attached hydrogens (tertiary/aromatic N) is 2. The molecule has 3 N–H and O–H groups in total. The van der Waals surface area contributed by atoms with Gasteiger partial charge in [0.15, 0.2) is 0 Å². The molecule has 10 nitrogen and oxygen atoms in total. The van der Waals surface area contributed by atoms with Gasteiger partial charge in [0.05, 0.1) is 0 Å². The van der Waals surface area contributed by atoms with Gasteiger partial charge in [0.2, 0.25) is 5.91 Å². The molecular formula is C35H56N4O6S. The maximum absolute atomic E-state index is 13.4. The number of rotatable bonds is 24. The second-order valence-electron chi connectivity index (χ2n) is 12.1. The van der Waals surface area contributed by atoms with Crippen molar-refractivity contribution in [3.05, 3.63) is 45.9 Å². The minimum Gasteiger partial charge on any atom is -0.492 e. The van der Waals surface area contributed by atoms with Crippen molar-refractivity contribution in [2.75, 3.05) is 33.4 Å². The van der Waals surface area contributed by atoms with E-state index in [1.54, 1.807) is 5.38 Å². The van der Waals surface area contributed by atoms with E-state index >= 15 is 0 Å². The third kappa shape index (κ3) is 13.8. The molecule has 46 heavy (non-hydrogen) atoms. The van der Waals surface area contributed by atoms with E-state index in [9.17, 15) is 19.5 Å². The van der Waals surface area contributed by atoms with E-state index in [4.69, 9.17) is 14.5 Å². The number of carbonyl (C=O) groups excluding carboxylic acids is 2.